The number of methoxy groups -OCH3 is 1. The number of carbonyl (C=O) groups is 3. The highest BCUT2D eigenvalue weighted by molar-refractivity contribution is 6.30. The predicted molar refractivity (Wildman–Crippen MR) is 163 cm³/mol. The number of anilines is 2. The molecular weight excluding hydrogens is 548 g/mol. The number of rotatable bonds is 5. The van der Waals surface area contributed by atoms with E-state index in [0.29, 0.717) is 33.1 Å². The molecule has 3 heterocycles. The number of hydrogen-bond acceptors (Lipinski definition) is 5. The molecule has 7 heteroatoms. The Morgan fingerprint density at radius 3 is 2.24 bits per heavy atom. The standard InChI is InChI=1S/C35H27ClN2O4/c1-20-19-29-35(26-8-4-5-9-27(26)37-34(35)41)30(32(39)21-11-15-23(36)16-12-21)31(38(29)28-10-6-3-7-25(20)28)33(40)22-13-17-24(42-2)18-14-22/h3-19,29-31H,1-2H3,(H,37,41)/t29-,30-,31+,35+/m1/s1. The van der Waals surface area contributed by atoms with Crippen molar-refractivity contribution in [1.82, 2.24) is 0 Å². The number of nitrogens with zero attached hydrogens (tertiary/aromatic N) is 1. The van der Waals surface area contributed by atoms with Gasteiger partial charge >= 0.3 is 0 Å². The minimum Gasteiger partial charge on any atom is -0.497 e. The van der Waals surface area contributed by atoms with E-state index in [-0.39, 0.29) is 17.5 Å². The number of carbonyl (C=O) groups excluding carboxylic acids is 3. The van der Waals surface area contributed by atoms with Crippen molar-refractivity contribution in [1.29, 1.82) is 0 Å². The molecule has 4 aromatic carbocycles. The Kier molecular flexibility index (Phi) is 6.06. The van der Waals surface area contributed by atoms with Gasteiger partial charge in [-0.1, -0.05) is 54.1 Å². The maximum Gasteiger partial charge on any atom is 0.238 e. The van der Waals surface area contributed by atoms with Crippen LogP contribution in [0.3, 0.4) is 0 Å². The zero-order valence-corrected chi connectivity index (χ0v) is 23.8. The van der Waals surface area contributed by atoms with Gasteiger partial charge in [-0.3, -0.25) is 14.4 Å². The molecule has 0 radical (unpaired) electrons. The van der Waals surface area contributed by atoms with E-state index in [0.717, 1.165) is 16.8 Å². The summed E-state index contributed by atoms with van der Waals surface area (Å²) < 4.78 is 5.33. The van der Waals surface area contributed by atoms with Gasteiger partial charge in [0.2, 0.25) is 5.91 Å². The maximum atomic E-state index is 14.8. The van der Waals surface area contributed by atoms with Crippen molar-refractivity contribution >= 4 is 46.0 Å². The molecule has 0 bridgehead atoms. The molecule has 4 aromatic rings. The molecule has 0 saturated carbocycles. The minimum absolute atomic E-state index is 0.244. The van der Waals surface area contributed by atoms with Gasteiger partial charge in [0, 0.05) is 33.1 Å². The number of para-hydroxylation sites is 2. The molecule has 4 atom stereocenters. The van der Waals surface area contributed by atoms with Crippen molar-refractivity contribution in [2.45, 2.75) is 24.4 Å². The normalized spacial score (nSPS) is 23.5. The lowest BCUT2D eigenvalue weighted by atomic mass is 9.64. The van der Waals surface area contributed by atoms with Crippen LogP contribution >= 0.6 is 11.6 Å². The average Bonchev–Trinajstić information content (AvgIpc) is 3.49. The Bertz CT molecular complexity index is 1800. The van der Waals surface area contributed by atoms with Crippen molar-refractivity contribution < 1.29 is 19.1 Å². The maximum absolute atomic E-state index is 14.8. The molecule has 0 aromatic heterocycles. The second-order valence-electron chi connectivity index (χ2n) is 11.0. The van der Waals surface area contributed by atoms with Crippen LogP contribution in [-0.2, 0) is 10.2 Å². The number of amides is 1. The molecule has 3 aliphatic rings. The van der Waals surface area contributed by atoms with Gasteiger partial charge in [0.1, 0.15) is 17.2 Å². The molecule has 1 amide bonds. The number of halogens is 1. The highest BCUT2D eigenvalue weighted by atomic mass is 35.5. The van der Waals surface area contributed by atoms with Crippen LogP contribution in [0.2, 0.25) is 5.02 Å². The quantitative estimate of drug-likeness (QED) is 0.272. The molecular formula is C35H27ClN2O4. The first-order chi connectivity index (χ1) is 20.4. The Balaban J connectivity index is 1.53. The number of Topliss-reactive ketones (excluding diaryl/α,β-unsaturated/α-hetero) is 2. The summed E-state index contributed by atoms with van der Waals surface area (Å²) in [5.74, 6) is -1.25. The van der Waals surface area contributed by atoms with Gasteiger partial charge in [0.05, 0.1) is 19.1 Å². The number of allylic oxidation sites excluding steroid dienone is 1. The molecule has 7 rings (SSSR count). The monoisotopic (exact) mass is 574 g/mol. The summed E-state index contributed by atoms with van der Waals surface area (Å²) in [4.78, 5) is 46.0. The molecule has 42 heavy (non-hydrogen) atoms. The number of ether oxygens (including phenoxy) is 1. The number of benzene rings is 4. The Hall–Kier alpha value is -4.68. The van der Waals surface area contributed by atoms with Crippen molar-refractivity contribution in [2.24, 2.45) is 5.92 Å². The van der Waals surface area contributed by atoms with Gasteiger partial charge in [-0.2, -0.15) is 0 Å². The minimum atomic E-state index is -1.37. The van der Waals surface area contributed by atoms with E-state index in [2.05, 4.69) is 5.32 Å². The fraction of sp³-hybridized carbons (Fsp3) is 0.171. The Morgan fingerprint density at radius 1 is 0.857 bits per heavy atom. The van der Waals surface area contributed by atoms with Crippen LogP contribution in [-0.4, -0.2) is 36.7 Å². The summed E-state index contributed by atoms with van der Waals surface area (Å²) in [5.41, 5.74) is 3.58. The summed E-state index contributed by atoms with van der Waals surface area (Å²) in [6.45, 7) is 2.01. The molecule has 1 fully saturated rings. The third kappa shape index (κ3) is 3.61. The molecule has 208 valence electrons. The van der Waals surface area contributed by atoms with E-state index in [1.54, 1.807) is 55.6 Å². The van der Waals surface area contributed by atoms with E-state index >= 15 is 0 Å². The fourth-order valence-electron chi connectivity index (χ4n) is 7.11. The molecule has 1 saturated heterocycles. The summed E-state index contributed by atoms with van der Waals surface area (Å²) in [5, 5.41) is 3.56. The number of fused-ring (bicyclic) bond motifs is 6. The van der Waals surface area contributed by atoms with Gasteiger partial charge in [0.15, 0.2) is 11.6 Å². The van der Waals surface area contributed by atoms with Crippen LogP contribution in [0.1, 0.15) is 38.8 Å². The van der Waals surface area contributed by atoms with Gasteiger partial charge in [-0.15, -0.1) is 0 Å². The summed E-state index contributed by atoms with van der Waals surface area (Å²) in [6, 6.07) is 27.3. The second kappa shape index (κ2) is 9.71. The van der Waals surface area contributed by atoms with E-state index < -0.39 is 23.4 Å². The van der Waals surface area contributed by atoms with Gasteiger partial charge < -0.3 is 15.0 Å². The van der Waals surface area contributed by atoms with Crippen molar-refractivity contribution in [2.75, 3.05) is 17.3 Å². The van der Waals surface area contributed by atoms with Gasteiger partial charge in [0.25, 0.3) is 0 Å². The highest BCUT2D eigenvalue weighted by Gasteiger charge is 2.70. The fourth-order valence-corrected chi connectivity index (χ4v) is 7.23. The summed E-state index contributed by atoms with van der Waals surface area (Å²) in [7, 11) is 1.57. The van der Waals surface area contributed by atoms with Gasteiger partial charge in [-0.25, -0.2) is 0 Å². The van der Waals surface area contributed by atoms with E-state index in [9.17, 15) is 14.4 Å². The Labute approximate surface area is 248 Å². The van der Waals surface area contributed by atoms with Crippen molar-refractivity contribution in [3.8, 4) is 5.75 Å². The Morgan fingerprint density at radius 2 is 1.50 bits per heavy atom. The molecule has 6 nitrogen and oxygen atoms in total. The lowest BCUT2D eigenvalue weighted by molar-refractivity contribution is -0.121. The average molecular weight is 575 g/mol. The summed E-state index contributed by atoms with van der Waals surface area (Å²) >= 11 is 6.19. The SMILES string of the molecule is COc1ccc(C(=O)[C@@H]2[C@H](C(=O)c3ccc(Cl)cc3)[C@@]3(C(=O)Nc4ccccc43)[C@H]3C=C(C)c4ccccc4N23)cc1. The molecule has 1 N–H and O–H groups in total. The lowest BCUT2D eigenvalue weighted by Crippen LogP contribution is -2.51. The van der Waals surface area contributed by atoms with Crippen molar-refractivity contribution in [3.63, 3.8) is 0 Å². The molecule has 0 aliphatic carbocycles. The number of nitrogens with one attached hydrogen (secondary N) is 1. The smallest absolute Gasteiger partial charge is 0.238 e. The van der Waals surface area contributed by atoms with Crippen LogP contribution in [0.15, 0.2) is 103 Å². The first-order valence-electron chi connectivity index (χ1n) is 13.8. The third-order valence-electron chi connectivity index (χ3n) is 8.94. The van der Waals surface area contributed by atoms with Crippen LogP contribution in [0.5, 0.6) is 5.75 Å². The van der Waals surface area contributed by atoms with E-state index in [1.165, 1.54) is 0 Å². The zero-order valence-electron chi connectivity index (χ0n) is 23.0. The van der Waals surface area contributed by atoms with Crippen LogP contribution < -0.4 is 15.0 Å². The van der Waals surface area contributed by atoms with Crippen LogP contribution in [0.25, 0.3) is 5.57 Å². The number of hydrogen-bond donors (Lipinski definition) is 1. The van der Waals surface area contributed by atoms with Gasteiger partial charge in [-0.05, 0) is 78.7 Å². The van der Waals surface area contributed by atoms with Crippen LogP contribution in [0.4, 0.5) is 11.4 Å². The lowest BCUT2D eigenvalue weighted by Gasteiger charge is -2.39. The first-order valence-corrected chi connectivity index (χ1v) is 14.2. The zero-order chi connectivity index (χ0) is 29.2. The molecule has 0 unspecified atom stereocenters. The van der Waals surface area contributed by atoms with Crippen molar-refractivity contribution in [3.05, 3.63) is 130 Å². The second-order valence-corrected chi connectivity index (χ2v) is 11.4. The molecule has 1 spiro atoms. The van der Waals surface area contributed by atoms with E-state index in [1.807, 2.05) is 66.4 Å². The topological polar surface area (TPSA) is 75.7 Å². The largest absolute Gasteiger partial charge is 0.497 e. The predicted octanol–water partition coefficient (Wildman–Crippen LogP) is 6.59. The summed E-state index contributed by atoms with van der Waals surface area (Å²) in [6.07, 6.45) is 2.05. The molecule has 3 aliphatic heterocycles. The van der Waals surface area contributed by atoms with Crippen LogP contribution in [0, 0.1) is 5.92 Å². The first kappa shape index (κ1) is 26.2. The van der Waals surface area contributed by atoms with E-state index in [4.69, 9.17) is 16.3 Å². The highest BCUT2D eigenvalue weighted by Crippen LogP contribution is 2.58. The third-order valence-corrected chi connectivity index (χ3v) is 9.19. The number of ketones is 2.